The molecule has 0 radical (unpaired) electrons. The van der Waals surface area contributed by atoms with E-state index in [1.165, 1.54) is 14.2 Å². The second kappa shape index (κ2) is 9.47. The molecule has 112 valence electrons. The van der Waals surface area contributed by atoms with Gasteiger partial charge in [-0.15, -0.1) is 0 Å². The molecule has 0 spiro atoms. The molecule has 0 aliphatic carbocycles. The highest BCUT2D eigenvalue weighted by Gasteiger charge is 2.25. The highest BCUT2D eigenvalue weighted by Crippen LogP contribution is 2.15. The minimum absolute atomic E-state index is 0.373. The van der Waals surface area contributed by atoms with Crippen LogP contribution in [0.15, 0.2) is 30.3 Å². The lowest BCUT2D eigenvalue weighted by Crippen LogP contribution is -2.34. The van der Waals surface area contributed by atoms with Gasteiger partial charge in [0.1, 0.15) is 0 Å². The number of hydrogen-bond acceptors (Lipinski definition) is 5. The van der Waals surface area contributed by atoms with E-state index >= 15 is 0 Å². The summed E-state index contributed by atoms with van der Waals surface area (Å²) in [6, 6.07) is 8.87. The normalized spacial score (nSPS) is 12.4. The lowest BCUT2D eigenvalue weighted by atomic mass is 10.1. The highest BCUT2D eigenvalue weighted by atomic mass is 16.7. The maximum atomic E-state index is 12.1. The Morgan fingerprint density at radius 1 is 1.15 bits per heavy atom. The van der Waals surface area contributed by atoms with Crippen molar-refractivity contribution >= 4 is 5.97 Å². The van der Waals surface area contributed by atoms with Crippen molar-refractivity contribution in [2.45, 2.75) is 31.7 Å². The van der Waals surface area contributed by atoms with Crippen LogP contribution in [0.1, 0.15) is 29.6 Å². The minimum Gasteiger partial charge on any atom is -0.453 e. The SMILES string of the molecule is COC(OC)C(CCCCN)OC(=O)c1ccccc1. The predicted molar refractivity (Wildman–Crippen MR) is 76.4 cm³/mol. The molecular formula is C15H23NO4. The van der Waals surface area contributed by atoms with Crippen molar-refractivity contribution in [3.8, 4) is 0 Å². The maximum absolute atomic E-state index is 12.1. The van der Waals surface area contributed by atoms with Crippen LogP contribution in [0.5, 0.6) is 0 Å². The summed E-state index contributed by atoms with van der Waals surface area (Å²) in [4.78, 5) is 12.1. The Kier molecular flexibility index (Phi) is 7.87. The molecule has 1 unspecified atom stereocenters. The Morgan fingerprint density at radius 2 is 1.80 bits per heavy atom. The van der Waals surface area contributed by atoms with Crippen LogP contribution in [0.25, 0.3) is 0 Å². The molecule has 0 aliphatic rings. The van der Waals surface area contributed by atoms with Gasteiger partial charge >= 0.3 is 5.97 Å². The smallest absolute Gasteiger partial charge is 0.338 e. The third-order valence-electron chi connectivity index (χ3n) is 2.98. The number of ether oxygens (including phenoxy) is 3. The van der Waals surface area contributed by atoms with Crippen LogP contribution in [0.2, 0.25) is 0 Å². The summed E-state index contributed by atoms with van der Waals surface area (Å²) in [6.45, 7) is 0.615. The van der Waals surface area contributed by atoms with Crippen LogP contribution >= 0.6 is 0 Å². The van der Waals surface area contributed by atoms with Gasteiger partial charge in [0.05, 0.1) is 5.56 Å². The molecular weight excluding hydrogens is 258 g/mol. The zero-order chi connectivity index (χ0) is 14.8. The van der Waals surface area contributed by atoms with E-state index in [1.54, 1.807) is 24.3 Å². The van der Waals surface area contributed by atoms with Crippen LogP contribution < -0.4 is 5.73 Å². The van der Waals surface area contributed by atoms with Crippen LogP contribution in [0.4, 0.5) is 0 Å². The molecule has 1 aromatic rings. The Bertz CT molecular complexity index is 379. The second-order valence-corrected chi connectivity index (χ2v) is 4.43. The third-order valence-corrected chi connectivity index (χ3v) is 2.98. The molecule has 0 saturated carbocycles. The van der Waals surface area contributed by atoms with Gasteiger partial charge < -0.3 is 19.9 Å². The molecule has 1 aromatic carbocycles. The van der Waals surface area contributed by atoms with E-state index in [-0.39, 0.29) is 5.97 Å². The molecule has 0 saturated heterocycles. The van der Waals surface area contributed by atoms with Crippen LogP contribution in [0.3, 0.4) is 0 Å². The molecule has 0 aliphatic heterocycles. The van der Waals surface area contributed by atoms with Crippen molar-refractivity contribution in [1.29, 1.82) is 0 Å². The van der Waals surface area contributed by atoms with Gasteiger partial charge in [0.15, 0.2) is 12.4 Å². The fraction of sp³-hybridized carbons (Fsp3) is 0.533. The standard InChI is InChI=1S/C15H23NO4/c1-18-15(19-2)13(10-6-7-11-16)20-14(17)12-8-4-3-5-9-12/h3-5,8-9,13,15H,6-7,10-11,16H2,1-2H3. The number of rotatable bonds is 9. The first-order valence-corrected chi connectivity index (χ1v) is 6.74. The molecule has 20 heavy (non-hydrogen) atoms. The predicted octanol–water partition coefficient (Wildman–Crippen LogP) is 1.96. The topological polar surface area (TPSA) is 70.8 Å². The van der Waals surface area contributed by atoms with Crippen LogP contribution in [-0.2, 0) is 14.2 Å². The molecule has 5 heteroatoms. The Hall–Kier alpha value is -1.43. The number of benzene rings is 1. The number of hydrogen-bond donors (Lipinski definition) is 1. The fourth-order valence-electron chi connectivity index (χ4n) is 1.92. The zero-order valence-electron chi connectivity index (χ0n) is 12.1. The summed E-state index contributed by atoms with van der Waals surface area (Å²) < 4.78 is 15.9. The van der Waals surface area contributed by atoms with Crippen molar-refractivity contribution in [2.75, 3.05) is 20.8 Å². The molecule has 2 N–H and O–H groups in total. The maximum Gasteiger partial charge on any atom is 0.338 e. The second-order valence-electron chi connectivity index (χ2n) is 4.43. The van der Waals surface area contributed by atoms with Crippen molar-refractivity contribution < 1.29 is 19.0 Å². The van der Waals surface area contributed by atoms with Gasteiger partial charge in [0, 0.05) is 14.2 Å². The molecule has 5 nitrogen and oxygen atoms in total. The van der Waals surface area contributed by atoms with E-state index in [0.29, 0.717) is 18.5 Å². The molecule has 1 rings (SSSR count). The highest BCUT2D eigenvalue weighted by molar-refractivity contribution is 5.89. The van der Waals surface area contributed by atoms with E-state index in [4.69, 9.17) is 19.9 Å². The molecule has 0 fully saturated rings. The first-order valence-electron chi connectivity index (χ1n) is 6.74. The largest absolute Gasteiger partial charge is 0.453 e. The van der Waals surface area contributed by atoms with Gasteiger partial charge in [-0.25, -0.2) is 4.79 Å². The Balaban J connectivity index is 2.65. The lowest BCUT2D eigenvalue weighted by molar-refractivity contribution is -0.167. The molecule has 1 atom stereocenters. The van der Waals surface area contributed by atoms with E-state index in [0.717, 1.165) is 12.8 Å². The number of unbranched alkanes of at least 4 members (excludes halogenated alkanes) is 1. The summed E-state index contributed by atoms with van der Waals surface area (Å²) in [5.41, 5.74) is 5.99. The average molecular weight is 281 g/mol. The third kappa shape index (κ3) is 5.28. The van der Waals surface area contributed by atoms with Gasteiger partial charge in [-0.2, -0.15) is 0 Å². The van der Waals surface area contributed by atoms with Gasteiger partial charge in [-0.1, -0.05) is 18.2 Å². The van der Waals surface area contributed by atoms with Crippen LogP contribution in [-0.4, -0.2) is 39.1 Å². The van der Waals surface area contributed by atoms with E-state index in [1.807, 2.05) is 6.07 Å². The summed E-state index contributed by atoms with van der Waals surface area (Å²) in [7, 11) is 3.06. The summed E-state index contributed by atoms with van der Waals surface area (Å²) in [6.07, 6.45) is 1.37. The molecule has 0 heterocycles. The summed E-state index contributed by atoms with van der Waals surface area (Å²) >= 11 is 0. The van der Waals surface area contributed by atoms with Gasteiger partial charge in [0.2, 0.25) is 0 Å². The quantitative estimate of drug-likeness (QED) is 0.425. The fourth-order valence-corrected chi connectivity index (χ4v) is 1.92. The summed E-state index contributed by atoms with van der Waals surface area (Å²) in [5.74, 6) is -0.373. The number of carbonyl (C=O) groups excluding carboxylic acids is 1. The van der Waals surface area contributed by atoms with Crippen molar-refractivity contribution in [2.24, 2.45) is 5.73 Å². The summed E-state index contributed by atoms with van der Waals surface area (Å²) in [5, 5.41) is 0. The Labute approximate surface area is 120 Å². The van der Waals surface area contributed by atoms with Gasteiger partial charge in [-0.05, 0) is 37.9 Å². The molecule has 0 amide bonds. The molecule has 0 aromatic heterocycles. The van der Waals surface area contributed by atoms with Crippen LogP contribution in [0, 0.1) is 0 Å². The van der Waals surface area contributed by atoms with E-state index in [9.17, 15) is 4.79 Å². The van der Waals surface area contributed by atoms with Gasteiger partial charge in [-0.3, -0.25) is 0 Å². The first-order chi connectivity index (χ1) is 9.72. The van der Waals surface area contributed by atoms with Crippen molar-refractivity contribution in [3.05, 3.63) is 35.9 Å². The van der Waals surface area contributed by atoms with E-state index < -0.39 is 12.4 Å². The molecule has 0 bridgehead atoms. The number of methoxy groups -OCH3 is 2. The minimum atomic E-state index is -0.569. The van der Waals surface area contributed by atoms with Crippen molar-refractivity contribution in [3.63, 3.8) is 0 Å². The van der Waals surface area contributed by atoms with Crippen molar-refractivity contribution in [1.82, 2.24) is 0 Å². The lowest BCUT2D eigenvalue weighted by Gasteiger charge is -2.24. The number of carbonyl (C=O) groups is 1. The Morgan fingerprint density at radius 3 is 2.35 bits per heavy atom. The number of nitrogens with two attached hydrogens (primary N) is 1. The zero-order valence-corrected chi connectivity index (χ0v) is 12.1. The first kappa shape index (κ1) is 16.6. The number of esters is 1. The van der Waals surface area contributed by atoms with E-state index in [2.05, 4.69) is 0 Å². The van der Waals surface area contributed by atoms with Gasteiger partial charge in [0.25, 0.3) is 0 Å². The monoisotopic (exact) mass is 281 g/mol. The average Bonchev–Trinajstić information content (AvgIpc) is 2.49.